The normalized spacial score (nSPS) is 18.5. The number of ketones is 1. The number of nitrogens with zero attached hydrogens (tertiary/aromatic N) is 4. The number of Topliss-reactive ketones (excluding diaryl/α,β-unsaturated/α-hetero) is 1. The molecule has 3 aromatic rings. The molecule has 1 aromatic carbocycles. The molecule has 1 aliphatic heterocycles. The predicted octanol–water partition coefficient (Wildman–Crippen LogP) is 5.17. The van der Waals surface area contributed by atoms with E-state index in [0.717, 1.165) is 79.6 Å². The van der Waals surface area contributed by atoms with Gasteiger partial charge in [0.1, 0.15) is 11.6 Å². The Bertz CT molecular complexity index is 1260. The maximum Gasteiger partial charge on any atom is 0.223 e. The van der Waals surface area contributed by atoms with E-state index in [1.165, 1.54) is 12.8 Å². The number of aryl methyl sites for hydroxylation is 1. The van der Waals surface area contributed by atoms with Gasteiger partial charge in [0.2, 0.25) is 5.91 Å². The summed E-state index contributed by atoms with van der Waals surface area (Å²) in [7, 11) is 4.11. The van der Waals surface area contributed by atoms with Crippen LogP contribution >= 0.6 is 0 Å². The quantitative estimate of drug-likeness (QED) is 0.341. The number of imidazole rings is 1. The number of aromatic nitrogens is 4. The van der Waals surface area contributed by atoms with Gasteiger partial charge in [0, 0.05) is 43.0 Å². The van der Waals surface area contributed by atoms with Crippen LogP contribution in [0.5, 0.6) is 0 Å². The van der Waals surface area contributed by atoms with Crippen molar-refractivity contribution in [2.24, 2.45) is 18.4 Å². The second kappa shape index (κ2) is 11.4. The highest BCUT2D eigenvalue weighted by Gasteiger charge is 2.48. The van der Waals surface area contributed by atoms with Gasteiger partial charge in [0.15, 0.2) is 0 Å². The Morgan fingerprint density at radius 1 is 1.16 bits per heavy atom. The lowest BCUT2D eigenvalue weighted by molar-refractivity contribution is -0.135. The van der Waals surface area contributed by atoms with Gasteiger partial charge in [-0.25, -0.2) is 4.98 Å². The van der Waals surface area contributed by atoms with Crippen LogP contribution in [-0.4, -0.2) is 56.5 Å². The Morgan fingerprint density at radius 3 is 2.71 bits per heavy atom. The summed E-state index contributed by atoms with van der Waals surface area (Å²) < 4.78 is 1.82. The summed E-state index contributed by atoms with van der Waals surface area (Å²) in [5.41, 5.74) is 3.33. The molecular weight excluding hydrogens is 476 g/mol. The molecule has 1 amide bonds. The Morgan fingerprint density at radius 2 is 1.95 bits per heavy atom. The van der Waals surface area contributed by atoms with Gasteiger partial charge in [-0.2, -0.15) is 5.10 Å². The van der Waals surface area contributed by atoms with Crippen molar-refractivity contribution in [3.05, 3.63) is 36.4 Å². The number of unbranched alkanes of at least 4 members (excludes halogenated alkanes) is 2. The number of H-pyrrole nitrogens is 1. The standard InChI is InChI=1S/C30H42N6O2/c1-4-24(37)8-6-5-7-9-26(33-29(38)23-17-30(18-23)12-14-35(2)15-13-30)28-31-19-27(32-28)21-10-11-25-22(16-21)20-36(3)34-25/h10-11,16,19-20,23,26H,4-9,12-15,17-18H2,1-3H3,(H,31,32)(H,33,38)/t26-/m0/s1. The first-order valence-electron chi connectivity index (χ1n) is 14.3. The second-order valence-electron chi connectivity index (χ2n) is 11.7. The molecular formula is C30H42N6O2. The van der Waals surface area contributed by atoms with Crippen LogP contribution in [0, 0.1) is 11.3 Å². The third-order valence-electron chi connectivity index (χ3n) is 8.79. The molecule has 2 N–H and O–H groups in total. The first-order valence-corrected chi connectivity index (χ1v) is 14.3. The molecule has 1 saturated carbocycles. The number of fused-ring (bicyclic) bond motifs is 1. The molecule has 38 heavy (non-hydrogen) atoms. The van der Waals surface area contributed by atoms with Gasteiger partial charge in [-0.3, -0.25) is 14.3 Å². The van der Waals surface area contributed by atoms with Gasteiger partial charge in [0.05, 0.1) is 23.4 Å². The van der Waals surface area contributed by atoms with Crippen LogP contribution in [0.25, 0.3) is 22.2 Å². The molecule has 1 saturated heterocycles. The first kappa shape index (κ1) is 26.6. The molecule has 1 atom stereocenters. The topological polar surface area (TPSA) is 95.9 Å². The van der Waals surface area contributed by atoms with E-state index in [2.05, 4.69) is 39.5 Å². The van der Waals surface area contributed by atoms with Crippen LogP contribution in [0.3, 0.4) is 0 Å². The molecule has 1 aliphatic carbocycles. The molecule has 2 aromatic heterocycles. The van der Waals surface area contributed by atoms with Crippen molar-refractivity contribution in [2.45, 2.75) is 77.2 Å². The molecule has 1 spiro atoms. The number of amides is 1. The lowest BCUT2D eigenvalue weighted by Crippen LogP contribution is -2.50. The van der Waals surface area contributed by atoms with E-state index in [4.69, 9.17) is 4.98 Å². The third-order valence-corrected chi connectivity index (χ3v) is 8.79. The summed E-state index contributed by atoms with van der Waals surface area (Å²) >= 11 is 0. The lowest BCUT2D eigenvalue weighted by atomic mass is 9.57. The minimum absolute atomic E-state index is 0.102. The summed E-state index contributed by atoms with van der Waals surface area (Å²) in [4.78, 5) is 35.6. The second-order valence-corrected chi connectivity index (χ2v) is 11.7. The van der Waals surface area contributed by atoms with E-state index in [1.807, 2.05) is 37.1 Å². The zero-order valence-electron chi connectivity index (χ0n) is 23.1. The molecule has 0 unspecified atom stereocenters. The van der Waals surface area contributed by atoms with Crippen LogP contribution in [0.1, 0.15) is 83.0 Å². The number of hydrogen-bond acceptors (Lipinski definition) is 5. The van der Waals surface area contributed by atoms with Crippen molar-refractivity contribution in [3.8, 4) is 11.3 Å². The van der Waals surface area contributed by atoms with Crippen molar-refractivity contribution < 1.29 is 9.59 Å². The Balaban J connectivity index is 1.25. The van der Waals surface area contributed by atoms with E-state index in [0.29, 0.717) is 24.0 Å². The average molecular weight is 519 g/mol. The van der Waals surface area contributed by atoms with Crippen LogP contribution in [0.2, 0.25) is 0 Å². The van der Waals surface area contributed by atoms with Crippen LogP contribution < -0.4 is 5.32 Å². The van der Waals surface area contributed by atoms with Gasteiger partial charge in [-0.05, 0) is 76.2 Å². The summed E-state index contributed by atoms with van der Waals surface area (Å²) in [6, 6.07) is 6.04. The third kappa shape index (κ3) is 6.01. The first-order chi connectivity index (χ1) is 18.3. The van der Waals surface area contributed by atoms with E-state index in [9.17, 15) is 9.59 Å². The average Bonchev–Trinajstić information content (AvgIpc) is 3.52. The fraction of sp³-hybridized carbons (Fsp3) is 0.600. The van der Waals surface area contributed by atoms with Crippen molar-refractivity contribution in [1.82, 2.24) is 30.0 Å². The highest BCUT2D eigenvalue weighted by molar-refractivity contribution is 5.83. The van der Waals surface area contributed by atoms with Crippen molar-refractivity contribution in [3.63, 3.8) is 0 Å². The van der Waals surface area contributed by atoms with Crippen LogP contribution in [-0.2, 0) is 16.6 Å². The molecule has 0 radical (unpaired) electrons. The molecule has 8 heteroatoms. The zero-order chi connectivity index (χ0) is 26.7. The monoisotopic (exact) mass is 518 g/mol. The van der Waals surface area contributed by atoms with Gasteiger partial charge in [-0.1, -0.05) is 25.8 Å². The number of aromatic amines is 1. The van der Waals surface area contributed by atoms with Crippen LogP contribution in [0.15, 0.2) is 30.6 Å². The fourth-order valence-electron chi connectivity index (χ4n) is 6.24. The molecule has 3 heterocycles. The summed E-state index contributed by atoms with van der Waals surface area (Å²) in [5.74, 6) is 1.39. The van der Waals surface area contributed by atoms with Gasteiger partial charge in [0.25, 0.3) is 0 Å². The fourth-order valence-corrected chi connectivity index (χ4v) is 6.24. The van der Waals surface area contributed by atoms with Crippen molar-refractivity contribution in [2.75, 3.05) is 20.1 Å². The minimum atomic E-state index is -0.158. The number of likely N-dealkylation sites (tertiary alicyclic amines) is 1. The number of rotatable bonds is 11. The van der Waals surface area contributed by atoms with E-state index in [1.54, 1.807) is 0 Å². The number of hydrogen-bond donors (Lipinski definition) is 2. The van der Waals surface area contributed by atoms with E-state index >= 15 is 0 Å². The number of piperidine rings is 1. The highest BCUT2D eigenvalue weighted by Crippen LogP contribution is 2.52. The highest BCUT2D eigenvalue weighted by atomic mass is 16.2. The molecule has 2 aliphatic rings. The number of nitrogens with one attached hydrogen (secondary N) is 2. The molecule has 0 bridgehead atoms. The summed E-state index contributed by atoms with van der Waals surface area (Å²) in [6.07, 6.45) is 13.2. The van der Waals surface area contributed by atoms with Gasteiger partial charge >= 0.3 is 0 Å². The molecule has 5 rings (SSSR count). The maximum absolute atomic E-state index is 13.3. The SMILES string of the molecule is CCC(=O)CCCCC[C@H](NC(=O)C1CC2(CCN(C)CC2)C1)c1ncc(-c2ccc3nn(C)cc3c2)[nH]1. The maximum atomic E-state index is 13.3. The van der Waals surface area contributed by atoms with Gasteiger partial charge in [-0.15, -0.1) is 0 Å². The summed E-state index contributed by atoms with van der Waals surface area (Å²) in [5, 5.41) is 8.90. The van der Waals surface area contributed by atoms with Crippen molar-refractivity contribution >= 4 is 22.6 Å². The predicted molar refractivity (Wildman–Crippen MR) is 149 cm³/mol. The number of benzene rings is 1. The largest absolute Gasteiger partial charge is 0.346 e. The molecule has 2 fully saturated rings. The van der Waals surface area contributed by atoms with Crippen molar-refractivity contribution in [1.29, 1.82) is 0 Å². The summed E-state index contributed by atoms with van der Waals surface area (Å²) in [6.45, 7) is 4.19. The lowest BCUT2D eigenvalue weighted by Gasteiger charge is -2.51. The Kier molecular flexibility index (Phi) is 7.98. The smallest absolute Gasteiger partial charge is 0.223 e. The van der Waals surface area contributed by atoms with Gasteiger partial charge < -0.3 is 15.2 Å². The molecule has 8 nitrogen and oxygen atoms in total. The van der Waals surface area contributed by atoms with E-state index in [-0.39, 0.29) is 17.9 Å². The Labute approximate surface area is 225 Å². The number of carbonyl (C=O) groups is 2. The van der Waals surface area contributed by atoms with E-state index < -0.39 is 0 Å². The zero-order valence-corrected chi connectivity index (χ0v) is 23.1. The number of carbonyl (C=O) groups excluding carboxylic acids is 2. The minimum Gasteiger partial charge on any atom is -0.346 e. The Hall–Kier alpha value is -3.00. The van der Waals surface area contributed by atoms with Crippen LogP contribution in [0.4, 0.5) is 0 Å². The molecule has 204 valence electrons.